The highest BCUT2D eigenvalue weighted by Gasteiger charge is 2.28. The Kier molecular flexibility index (Phi) is 20.5. The van der Waals surface area contributed by atoms with Gasteiger partial charge in [-0.25, -0.2) is 74.8 Å². The minimum absolute atomic E-state index is 0.457. The summed E-state index contributed by atoms with van der Waals surface area (Å²) in [5.41, 5.74) is 21.0. The molecular formula is C118H72N18. The van der Waals surface area contributed by atoms with Crippen molar-refractivity contribution in [2.45, 2.75) is 0 Å². The smallest absolute Gasteiger partial charge is 0.164 e. The lowest BCUT2D eigenvalue weighted by Crippen LogP contribution is -2.03. The molecule has 0 saturated heterocycles. The van der Waals surface area contributed by atoms with Crippen LogP contribution in [0.3, 0.4) is 0 Å². The fourth-order valence-electron chi connectivity index (χ4n) is 17.8. The van der Waals surface area contributed by atoms with E-state index in [0.29, 0.717) is 92.9 Å². The molecule has 0 unspecified atom stereocenters. The lowest BCUT2D eigenvalue weighted by atomic mass is 9.94. The molecule has 18 nitrogen and oxygen atoms in total. The van der Waals surface area contributed by atoms with Gasteiger partial charge in [0.2, 0.25) is 0 Å². The number of hydrogen-bond donors (Lipinski definition) is 0. The molecular weight excluding hydrogens is 1670 g/mol. The topological polar surface area (TPSA) is 227 Å². The second kappa shape index (κ2) is 34.7. The summed E-state index contributed by atoms with van der Waals surface area (Å²) in [5.74, 6) is 7.72. The highest BCUT2D eigenvalue weighted by molar-refractivity contribution is 6.14. The molecule has 0 atom stereocenters. The van der Waals surface area contributed by atoms with Crippen LogP contribution in [0.15, 0.2) is 437 Å². The summed E-state index contributed by atoms with van der Waals surface area (Å²) in [5, 5.41) is 14.6. The van der Waals surface area contributed by atoms with E-state index in [1.807, 2.05) is 322 Å². The standard InChI is InChI=1S/C118H72N18/c119-73-74-32-31-53-85(66-74)92-67-86(54-60-98(92)135-100-62-56-88(115-127-106(77-37-15-3-16-38-77)121-107(128-115)78-39-17-4-18-40-78)69-94(100)95-70-89(57-63-101(95)135)116-129-108(79-41-19-5-20-42-79)122-109(130-116)80-43-21-6-22-44-80)93-68-87(114-125-104(75-33-11-1-12-34-75)120-105(126-114)76-35-13-2-14-36-76)55-61-99(93)136-102-64-58-90(117-131-110(81-45-23-7-24-46-81)123-111(132-117)82-47-25-8-26-48-82)71-96(102)97-72-91(59-65-103(97)136)118-133-112(83-49-27-9-28-50-83)124-113(134-118)84-51-29-10-30-52-84/h1-72H. The molecule has 0 bridgehead atoms. The molecule has 0 saturated carbocycles. The minimum atomic E-state index is 0.457. The molecule has 0 aliphatic carbocycles. The normalized spacial score (nSPS) is 11.4. The van der Waals surface area contributed by atoms with Gasteiger partial charge in [-0.3, -0.25) is 0 Å². The lowest BCUT2D eigenvalue weighted by molar-refractivity contribution is 1.07. The van der Waals surface area contributed by atoms with Crippen molar-refractivity contribution >= 4 is 43.6 Å². The summed E-state index contributed by atoms with van der Waals surface area (Å²) in [6.07, 6.45) is 0. The van der Waals surface area contributed by atoms with E-state index < -0.39 is 0 Å². The fraction of sp³-hybridized carbons (Fsp3) is 0. The predicted octanol–water partition coefficient (Wildman–Crippen LogP) is 27.0. The van der Waals surface area contributed by atoms with Crippen molar-refractivity contribution in [3.8, 4) is 211 Å². The maximum absolute atomic E-state index is 11.1. The molecule has 136 heavy (non-hydrogen) atoms. The van der Waals surface area contributed by atoms with E-state index in [9.17, 15) is 5.26 Å². The summed E-state index contributed by atoms with van der Waals surface area (Å²) in [6.45, 7) is 0. The molecule has 7 heterocycles. The zero-order valence-electron chi connectivity index (χ0n) is 72.6. The Morgan fingerprint density at radius 2 is 0.316 bits per heavy atom. The van der Waals surface area contributed by atoms with Gasteiger partial charge in [0.1, 0.15) is 0 Å². The van der Waals surface area contributed by atoms with Crippen LogP contribution in [-0.4, -0.2) is 83.9 Å². The van der Waals surface area contributed by atoms with Gasteiger partial charge in [-0.2, -0.15) is 5.26 Å². The van der Waals surface area contributed by atoms with Crippen LogP contribution in [0.2, 0.25) is 0 Å². The summed E-state index contributed by atoms with van der Waals surface area (Å²) in [7, 11) is 0. The van der Waals surface area contributed by atoms with Gasteiger partial charge in [-0.15, -0.1) is 0 Å². The van der Waals surface area contributed by atoms with Gasteiger partial charge in [0.05, 0.1) is 45.1 Å². The molecule has 0 amide bonds. The van der Waals surface area contributed by atoms with Gasteiger partial charge in [-0.1, -0.05) is 322 Å². The van der Waals surface area contributed by atoms with Crippen molar-refractivity contribution in [2.24, 2.45) is 0 Å². The van der Waals surface area contributed by atoms with E-state index in [4.69, 9.17) is 74.8 Å². The monoisotopic (exact) mass is 1740 g/mol. The first-order chi connectivity index (χ1) is 67.3. The Morgan fingerprint density at radius 3 is 0.529 bits per heavy atom. The number of rotatable bonds is 19. The molecule has 0 fully saturated rings. The number of nitrogens with zero attached hydrogens (tertiary/aromatic N) is 18. The number of fused-ring (bicyclic) bond motifs is 6. The van der Waals surface area contributed by atoms with Crippen LogP contribution in [0.5, 0.6) is 0 Å². The first-order valence-electron chi connectivity index (χ1n) is 44.6. The quantitative estimate of drug-likeness (QED) is 0.0733. The van der Waals surface area contributed by atoms with Crippen LogP contribution < -0.4 is 0 Å². The average molecular weight is 1740 g/mol. The molecule has 7 aromatic heterocycles. The third-order valence-electron chi connectivity index (χ3n) is 24.4. The van der Waals surface area contributed by atoms with E-state index in [1.165, 1.54) is 0 Å². The van der Waals surface area contributed by atoms with Crippen molar-refractivity contribution in [3.05, 3.63) is 442 Å². The minimum Gasteiger partial charge on any atom is -0.309 e. The zero-order chi connectivity index (χ0) is 90.4. The molecule has 24 aromatic rings. The van der Waals surface area contributed by atoms with E-state index in [2.05, 4.69) is 130 Å². The van der Waals surface area contributed by atoms with Gasteiger partial charge in [-0.05, 0) is 126 Å². The van der Waals surface area contributed by atoms with Gasteiger partial charge in [0, 0.05) is 116 Å². The van der Waals surface area contributed by atoms with E-state index in [-0.39, 0.29) is 0 Å². The summed E-state index contributed by atoms with van der Waals surface area (Å²) < 4.78 is 4.66. The lowest BCUT2D eigenvalue weighted by Gasteiger charge is -2.19. The van der Waals surface area contributed by atoms with Crippen molar-refractivity contribution in [1.29, 1.82) is 5.26 Å². The van der Waals surface area contributed by atoms with Gasteiger partial charge < -0.3 is 9.13 Å². The van der Waals surface area contributed by atoms with Crippen LogP contribution >= 0.6 is 0 Å². The maximum atomic E-state index is 11.1. The molecule has 634 valence electrons. The highest BCUT2D eigenvalue weighted by atomic mass is 15.1. The van der Waals surface area contributed by atoms with Crippen molar-refractivity contribution in [2.75, 3.05) is 0 Å². The van der Waals surface area contributed by atoms with Crippen molar-refractivity contribution in [1.82, 2.24) is 83.9 Å². The number of nitriles is 1. The third-order valence-corrected chi connectivity index (χ3v) is 24.4. The fourth-order valence-corrected chi connectivity index (χ4v) is 17.8. The van der Waals surface area contributed by atoms with Gasteiger partial charge in [0.25, 0.3) is 0 Å². The Labute approximate surface area is 780 Å². The van der Waals surface area contributed by atoms with Crippen LogP contribution in [-0.2, 0) is 0 Å². The second-order valence-corrected chi connectivity index (χ2v) is 32.9. The van der Waals surface area contributed by atoms with E-state index >= 15 is 0 Å². The number of aromatic nitrogens is 17. The first-order valence-corrected chi connectivity index (χ1v) is 44.6. The second-order valence-electron chi connectivity index (χ2n) is 32.9. The molecule has 0 aliphatic rings. The Balaban J connectivity index is 0.764. The summed E-state index contributed by atoms with van der Waals surface area (Å²) >= 11 is 0. The Morgan fingerprint density at radius 1 is 0.147 bits per heavy atom. The Hall–Kier alpha value is -19.1. The van der Waals surface area contributed by atoms with Gasteiger partial charge >= 0.3 is 0 Å². The van der Waals surface area contributed by atoms with Gasteiger partial charge in [0.15, 0.2) is 87.4 Å². The molecule has 18 heteroatoms. The van der Waals surface area contributed by atoms with Crippen molar-refractivity contribution in [3.63, 3.8) is 0 Å². The zero-order valence-corrected chi connectivity index (χ0v) is 72.6. The predicted molar refractivity (Wildman–Crippen MR) is 539 cm³/mol. The van der Waals surface area contributed by atoms with Crippen LogP contribution in [0.1, 0.15) is 5.56 Å². The maximum Gasteiger partial charge on any atom is 0.164 e. The highest BCUT2D eigenvalue weighted by Crippen LogP contribution is 2.47. The average Bonchev–Trinajstić information content (AvgIpc) is 1.69. The third kappa shape index (κ3) is 15.4. The molecule has 0 N–H and O–H groups in total. The largest absolute Gasteiger partial charge is 0.309 e. The molecule has 0 aliphatic heterocycles. The molecule has 17 aromatic carbocycles. The Bertz CT molecular complexity index is 8100. The summed E-state index contributed by atoms with van der Waals surface area (Å²) in [4.78, 5) is 78.9. The number of hydrogen-bond acceptors (Lipinski definition) is 16. The molecule has 24 rings (SSSR count). The first kappa shape index (κ1) is 80.2. The molecule has 0 radical (unpaired) electrons. The van der Waals surface area contributed by atoms with E-state index in [1.54, 1.807) is 0 Å². The van der Waals surface area contributed by atoms with Crippen LogP contribution in [0.4, 0.5) is 0 Å². The van der Waals surface area contributed by atoms with Crippen molar-refractivity contribution < 1.29 is 0 Å². The van der Waals surface area contributed by atoms with E-state index in [0.717, 1.165) is 161 Å². The van der Waals surface area contributed by atoms with Crippen LogP contribution in [0.25, 0.3) is 248 Å². The molecule has 0 spiro atoms. The summed E-state index contributed by atoms with van der Waals surface area (Å²) in [6, 6.07) is 150. The number of benzene rings is 17. The van der Waals surface area contributed by atoms with Crippen LogP contribution in [0, 0.1) is 11.3 Å². The SMILES string of the molecule is N#Cc1cccc(-c2cc(-c3cc(-c4nc(-c5ccccc5)nc(-c5ccccc5)n4)ccc3-n3c4ccc(-c5nc(-c6ccccc6)nc(-c6ccccc6)n5)cc4c4cc(-c5nc(-c6ccccc6)nc(-c6ccccc6)n5)ccc43)ccc2-n2c3ccc(-c4nc(-c5ccccc5)nc(-c5ccccc5)n4)cc3c3cc(-c4nc(-c5ccccc5)nc(-c5ccccc5)n4)ccc32)c1.